The molecule has 120 heavy (non-hydrogen) atoms. The maximum Gasteiger partial charge on any atom is 0.494 e. The molecule has 1 fully saturated rings. The number of thiophene rings is 2. The van der Waals surface area contributed by atoms with Crippen molar-refractivity contribution < 1.29 is 18.1 Å². The van der Waals surface area contributed by atoms with E-state index < -0.39 is 0 Å². The van der Waals surface area contributed by atoms with Gasteiger partial charge in [-0.1, -0.05) is 391 Å². The summed E-state index contributed by atoms with van der Waals surface area (Å²) in [6.45, 7) is 72.3. The first-order valence-corrected chi connectivity index (χ1v) is 45.8. The molecule has 0 atom stereocenters. The molecule has 1 aliphatic heterocycles. The van der Waals surface area contributed by atoms with Crippen LogP contribution >= 0.6 is 34.3 Å². The fraction of sp³-hybridized carbons (Fsp3) is 0.377. The van der Waals surface area contributed by atoms with E-state index in [0.717, 1.165) is 66.0 Å². The molecule has 1 aliphatic rings. The Hall–Kier alpha value is -9.47. The smallest absolute Gasteiger partial charge is 0.456 e. The van der Waals surface area contributed by atoms with Gasteiger partial charge in [0.2, 0.25) is 5.28 Å². The second-order valence-electron chi connectivity index (χ2n) is 23.1. The summed E-state index contributed by atoms with van der Waals surface area (Å²) in [5.41, 5.74) is 9.47. The van der Waals surface area contributed by atoms with Crippen LogP contribution in [0, 0.1) is 27.7 Å². The van der Waals surface area contributed by atoms with Crippen LogP contribution in [0.4, 0.5) is 0 Å². The van der Waals surface area contributed by atoms with Gasteiger partial charge < -0.3 is 18.1 Å². The average molecular weight is 1690 g/mol. The number of nitrogens with zero attached hydrogens (tertiary/aromatic N) is 6. The second-order valence-corrected chi connectivity index (χ2v) is 25.5. The van der Waals surface area contributed by atoms with E-state index in [1.54, 1.807) is 6.92 Å². The van der Waals surface area contributed by atoms with Crippen LogP contribution < -0.4 is 5.46 Å². The van der Waals surface area contributed by atoms with Crippen LogP contribution in [0.1, 0.15) is 259 Å². The summed E-state index contributed by atoms with van der Waals surface area (Å²) in [6, 6.07) is 78.3. The largest absolute Gasteiger partial charge is 0.494 e. The summed E-state index contributed by atoms with van der Waals surface area (Å²) in [4.78, 5) is 26.1. The van der Waals surface area contributed by atoms with Crippen molar-refractivity contribution in [3.05, 3.63) is 259 Å². The normalized spacial score (nSPS) is 10.6. The number of fused-ring (bicyclic) bond motifs is 12. The van der Waals surface area contributed by atoms with Crippen molar-refractivity contribution in [1.29, 1.82) is 0 Å². The molecule has 17 rings (SSSR count). The molecule has 0 radical (unpaired) electrons. The number of halogens is 1. The molecule has 0 spiro atoms. The molecule has 0 N–H and O–H groups in total. The van der Waals surface area contributed by atoms with Gasteiger partial charge in [-0.2, -0.15) is 4.98 Å². The van der Waals surface area contributed by atoms with Crippen LogP contribution in [0.3, 0.4) is 0 Å². The summed E-state index contributed by atoms with van der Waals surface area (Å²) < 4.78 is 29.3. The summed E-state index contributed by atoms with van der Waals surface area (Å²) in [7, 11) is -0.240. The molecule has 7 heterocycles. The number of aromatic nitrogens is 6. The zero-order valence-electron chi connectivity index (χ0n) is 79.0. The van der Waals surface area contributed by atoms with Crippen LogP contribution in [0.25, 0.3) is 118 Å². The Labute approximate surface area is 742 Å². The SMILES string of the molecule is C.C.CC.CC.CC.CC.CC.CC.CC.CC.CC.CC.CC.CC.CC.CC.CC1(C)OB(c2ccccc2)OC1(C)C.Cc1cccc2c1sc1ccccc12.Cc1cccc2c1sc1ccccc12.Cc1nc(-c2ccccc2)nc(-c2ccc3c(c2)oc2ccccc23)n1.Cc1nc(Cl)nc(-c2ccc3c(c2)oc2ccccc23)n1. The van der Waals surface area contributed by atoms with Crippen molar-refractivity contribution in [3.63, 3.8) is 0 Å². The van der Waals surface area contributed by atoms with Gasteiger partial charge in [-0.05, 0) is 132 Å². The van der Waals surface area contributed by atoms with Crippen molar-refractivity contribution in [1.82, 2.24) is 29.9 Å². The highest BCUT2D eigenvalue weighted by molar-refractivity contribution is 7.26. The van der Waals surface area contributed by atoms with Crippen molar-refractivity contribution in [2.24, 2.45) is 0 Å². The van der Waals surface area contributed by atoms with Crippen LogP contribution in [0.5, 0.6) is 0 Å². The Morgan fingerprint density at radius 1 is 0.275 bits per heavy atom. The Morgan fingerprint density at radius 3 is 0.933 bits per heavy atom. The van der Waals surface area contributed by atoms with E-state index in [9.17, 15) is 0 Å². The number of benzene rings is 10. The lowest BCUT2D eigenvalue weighted by Crippen LogP contribution is -2.41. The fourth-order valence-electron chi connectivity index (χ4n) is 11.0. The number of aryl methyl sites for hydroxylation is 4. The highest BCUT2D eigenvalue weighted by Crippen LogP contribution is 2.39. The molecule has 1 saturated heterocycles. The molecule has 0 amide bonds. The van der Waals surface area contributed by atoms with Gasteiger partial charge in [-0.15, -0.1) is 22.7 Å². The number of furan rings is 2. The minimum atomic E-state index is -0.256. The number of para-hydroxylation sites is 2. The molecule has 0 aliphatic carbocycles. The molecule has 10 nitrogen and oxygen atoms in total. The monoisotopic (exact) mass is 1690 g/mol. The van der Waals surface area contributed by atoms with E-state index >= 15 is 0 Å². The van der Waals surface area contributed by atoms with Gasteiger partial charge >= 0.3 is 7.12 Å². The number of hydrogen-bond donors (Lipinski definition) is 0. The zero-order valence-corrected chi connectivity index (χ0v) is 81.4. The van der Waals surface area contributed by atoms with E-state index in [1.165, 1.54) is 51.5 Å². The topological polar surface area (TPSA) is 122 Å². The van der Waals surface area contributed by atoms with E-state index in [1.807, 2.05) is 357 Å². The third-order valence-corrected chi connectivity index (χ3v) is 19.1. The van der Waals surface area contributed by atoms with Gasteiger partial charge in [0, 0.05) is 78.6 Å². The van der Waals surface area contributed by atoms with Crippen molar-refractivity contribution >= 4 is 131 Å². The first kappa shape index (κ1) is 117. The summed E-state index contributed by atoms with van der Waals surface area (Å²) in [5.74, 6) is 3.17. The fourth-order valence-corrected chi connectivity index (χ4v) is 13.5. The number of hydrogen-bond acceptors (Lipinski definition) is 12. The lowest BCUT2D eigenvalue weighted by Gasteiger charge is -2.32. The Balaban J connectivity index is -0.000000658. The van der Waals surface area contributed by atoms with Gasteiger partial charge in [0.05, 0.1) is 11.2 Å². The first-order valence-electron chi connectivity index (χ1n) is 43.8. The van der Waals surface area contributed by atoms with Gasteiger partial charge in [0.1, 0.15) is 34.0 Å². The van der Waals surface area contributed by atoms with E-state index in [-0.39, 0.29) is 38.5 Å². The van der Waals surface area contributed by atoms with Crippen molar-refractivity contribution in [3.8, 4) is 34.2 Å². The van der Waals surface area contributed by atoms with Crippen molar-refractivity contribution in [2.45, 2.75) is 275 Å². The molecule has 14 heteroatoms. The standard InChI is InChI=1S/C22H15N3O.C16H10ClN3O.2C13H10S.C12H17BO2.14C2H6.2CH4/c1-14-23-21(15-7-3-2-4-8-15)25-22(24-14)16-11-12-18-17-9-5-6-10-19(17)26-20(18)13-16;1-9-18-15(20-16(17)19-9)10-6-7-12-11-4-2-3-5-13(11)21-14(12)8-10;2*1-9-5-4-7-11-10-6-2-3-8-12(10)14-13(9)11;1-11(2)12(3,4)15-13(14-11)10-8-6-5-7-9-10;14*1-2;;/h2-13H,1H3;2-8H,1H3;2*2-8H,1H3;5-9H,1-4H3;14*1-2H3;2*1H4. The molecular weight excluding hydrogens is 1530 g/mol. The molecule has 16 aromatic rings. The molecule has 10 aromatic carbocycles. The molecule has 0 saturated carbocycles. The van der Waals surface area contributed by atoms with E-state index in [4.69, 9.17) is 29.7 Å². The quantitative estimate of drug-likeness (QED) is 0.157. The van der Waals surface area contributed by atoms with Gasteiger partial charge in [0.25, 0.3) is 0 Å². The summed E-state index contributed by atoms with van der Waals surface area (Å²) >= 11 is 9.67. The van der Waals surface area contributed by atoms with Crippen LogP contribution in [-0.2, 0) is 9.31 Å². The van der Waals surface area contributed by atoms with Gasteiger partial charge in [-0.3, -0.25) is 0 Å². The number of rotatable bonds is 4. The highest BCUT2D eigenvalue weighted by Gasteiger charge is 2.51. The summed E-state index contributed by atoms with van der Waals surface area (Å²) in [5, 5.41) is 10.1. The predicted molar refractivity (Wildman–Crippen MR) is 548 cm³/mol. The average Bonchev–Trinajstić information content (AvgIpc) is 1.59. The second kappa shape index (κ2) is 66.3. The molecule has 654 valence electrons. The van der Waals surface area contributed by atoms with Gasteiger partial charge in [0.15, 0.2) is 17.5 Å². The maximum absolute atomic E-state index is 5.99. The molecule has 0 unspecified atom stereocenters. The Bertz CT molecular complexity index is 5120. The molecule has 0 bridgehead atoms. The van der Waals surface area contributed by atoms with Crippen LogP contribution in [-0.4, -0.2) is 48.2 Å². The lowest BCUT2D eigenvalue weighted by atomic mass is 9.79. The highest BCUT2D eigenvalue weighted by atomic mass is 35.5. The van der Waals surface area contributed by atoms with Crippen LogP contribution in [0.15, 0.2) is 239 Å². The minimum Gasteiger partial charge on any atom is -0.456 e. The predicted octanol–water partition coefficient (Wildman–Crippen LogP) is 36.2. The maximum atomic E-state index is 5.99. The first-order chi connectivity index (χ1) is 57.6. The Kier molecular flexibility index (Phi) is 64.5. The van der Waals surface area contributed by atoms with Crippen LogP contribution in [0.2, 0.25) is 5.28 Å². The third-order valence-electron chi connectivity index (χ3n) is 16.3. The van der Waals surface area contributed by atoms with E-state index in [2.05, 4.69) is 169 Å². The van der Waals surface area contributed by atoms with E-state index in [0.29, 0.717) is 29.1 Å². The summed E-state index contributed by atoms with van der Waals surface area (Å²) in [6.07, 6.45) is 0. The zero-order chi connectivity index (χ0) is 90.1. The third kappa shape index (κ3) is 32.8. The molecule has 6 aromatic heterocycles. The Morgan fingerprint density at radius 2 is 0.567 bits per heavy atom. The minimum absolute atomic E-state index is 0. The van der Waals surface area contributed by atoms with Crippen molar-refractivity contribution in [2.75, 3.05) is 0 Å². The van der Waals surface area contributed by atoms with Gasteiger partial charge in [-0.25, -0.2) is 24.9 Å². The molecular formula is C106H154BClN6O4S2. The lowest BCUT2D eigenvalue weighted by molar-refractivity contribution is 0.00578.